The molecule has 1 aliphatic rings. The third-order valence-electron chi connectivity index (χ3n) is 3.27. The molecular formula is C13H21N3. The highest BCUT2D eigenvalue weighted by Crippen LogP contribution is 2.27. The number of hydrogen-bond donors (Lipinski definition) is 1. The largest absolute Gasteiger partial charge is 0.354 e. The lowest BCUT2D eigenvalue weighted by molar-refractivity contribution is 0.625. The van der Waals surface area contributed by atoms with E-state index in [0.29, 0.717) is 6.04 Å². The quantitative estimate of drug-likeness (QED) is 0.843. The Bertz CT molecular complexity index is 334. The molecule has 0 aliphatic carbocycles. The molecule has 3 nitrogen and oxygen atoms in total. The average molecular weight is 219 g/mol. The van der Waals surface area contributed by atoms with E-state index in [9.17, 15) is 0 Å². The minimum atomic E-state index is 0.623. The molecule has 2 atom stereocenters. The Hall–Kier alpha value is -1.09. The van der Waals surface area contributed by atoms with Crippen molar-refractivity contribution in [2.45, 2.75) is 32.9 Å². The number of anilines is 1. The van der Waals surface area contributed by atoms with Crippen LogP contribution in [-0.2, 0) is 6.54 Å². The minimum absolute atomic E-state index is 0.623. The van der Waals surface area contributed by atoms with Gasteiger partial charge in [-0.05, 0) is 37.9 Å². The van der Waals surface area contributed by atoms with Crippen molar-refractivity contribution in [3.63, 3.8) is 0 Å². The number of nitrogens with zero attached hydrogens (tertiary/aromatic N) is 2. The van der Waals surface area contributed by atoms with Gasteiger partial charge >= 0.3 is 0 Å². The second-order valence-corrected chi connectivity index (χ2v) is 4.90. The van der Waals surface area contributed by atoms with E-state index >= 15 is 0 Å². The van der Waals surface area contributed by atoms with Crippen LogP contribution in [0.3, 0.4) is 0 Å². The molecule has 0 bridgehead atoms. The monoisotopic (exact) mass is 219 g/mol. The zero-order chi connectivity index (χ0) is 11.5. The van der Waals surface area contributed by atoms with Crippen LogP contribution in [0.4, 0.5) is 5.82 Å². The molecule has 0 aromatic carbocycles. The highest BCUT2D eigenvalue weighted by molar-refractivity contribution is 5.41. The topological polar surface area (TPSA) is 28.2 Å². The van der Waals surface area contributed by atoms with Gasteiger partial charge < -0.3 is 10.2 Å². The van der Waals surface area contributed by atoms with Gasteiger partial charge in [0.25, 0.3) is 0 Å². The Kier molecular flexibility index (Phi) is 3.44. The third-order valence-corrected chi connectivity index (χ3v) is 3.27. The molecule has 1 aromatic rings. The summed E-state index contributed by atoms with van der Waals surface area (Å²) >= 11 is 0. The molecule has 88 valence electrons. The van der Waals surface area contributed by atoms with Crippen molar-refractivity contribution in [2.75, 3.05) is 18.5 Å². The number of rotatable bonds is 3. The fraction of sp³-hybridized carbons (Fsp3) is 0.615. The lowest BCUT2D eigenvalue weighted by Gasteiger charge is -2.22. The van der Waals surface area contributed by atoms with E-state index in [1.54, 1.807) is 0 Å². The average Bonchev–Trinajstić information content (AvgIpc) is 2.59. The number of nitrogens with one attached hydrogen (secondary N) is 1. The fourth-order valence-electron chi connectivity index (χ4n) is 2.51. The van der Waals surface area contributed by atoms with E-state index < -0.39 is 0 Å². The molecule has 2 unspecified atom stereocenters. The molecule has 1 N–H and O–H groups in total. The molecule has 2 heterocycles. The zero-order valence-electron chi connectivity index (χ0n) is 10.4. The smallest absolute Gasteiger partial charge is 0.128 e. The van der Waals surface area contributed by atoms with Gasteiger partial charge in [-0.15, -0.1) is 0 Å². The van der Waals surface area contributed by atoms with Crippen LogP contribution >= 0.6 is 0 Å². The Morgan fingerprint density at radius 1 is 1.44 bits per heavy atom. The summed E-state index contributed by atoms with van der Waals surface area (Å²) in [6.45, 7) is 6.62. The van der Waals surface area contributed by atoms with Gasteiger partial charge in [-0.1, -0.05) is 13.0 Å². The van der Waals surface area contributed by atoms with Gasteiger partial charge in [0.1, 0.15) is 5.82 Å². The van der Waals surface area contributed by atoms with Crippen molar-refractivity contribution >= 4 is 5.82 Å². The standard InChI is InChI=1S/C13H21N3/c1-10-6-11(2)16(9-10)13-5-4-12(7-14-3)8-15-13/h4-5,8,10-11,14H,6-7,9H2,1-3H3. The van der Waals surface area contributed by atoms with E-state index in [4.69, 9.17) is 0 Å². The lowest BCUT2D eigenvalue weighted by atomic mass is 10.1. The van der Waals surface area contributed by atoms with Gasteiger partial charge in [0.2, 0.25) is 0 Å². The Labute approximate surface area is 97.9 Å². The molecule has 0 saturated carbocycles. The van der Waals surface area contributed by atoms with Crippen LogP contribution in [-0.4, -0.2) is 24.6 Å². The summed E-state index contributed by atoms with van der Waals surface area (Å²) < 4.78 is 0. The minimum Gasteiger partial charge on any atom is -0.354 e. The summed E-state index contributed by atoms with van der Waals surface area (Å²) in [6.07, 6.45) is 3.25. The van der Waals surface area contributed by atoms with Crippen molar-refractivity contribution in [3.8, 4) is 0 Å². The summed E-state index contributed by atoms with van der Waals surface area (Å²) in [6, 6.07) is 4.92. The molecule has 16 heavy (non-hydrogen) atoms. The SMILES string of the molecule is CNCc1ccc(N2CC(C)CC2C)nc1. The third kappa shape index (κ3) is 2.35. The summed E-state index contributed by atoms with van der Waals surface area (Å²) in [5, 5.41) is 3.14. The molecule has 2 rings (SSSR count). The maximum atomic E-state index is 4.55. The van der Waals surface area contributed by atoms with Gasteiger partial charge in [0.15, 0.2) is 0 Å². The van der Waals surface area contributed by atoms with E-state index in [1.807, 2.05) is 13.2 Å². The van der Waals surface area contributed by atoms with E-state index in [2.05, 4.69) is 41.2 Å². The summed E-state index contributed by atoms with van der Waals surface area (Å²) in [5.74, 6) is 1.91. The second kappa shape index (κ2) is 4.83. The van der Waals surface area contributed by atoms with Gasteiger partial charge in [-0.2, -0.15) is 0 Å². The maximum Gasteiger partial charge on any atom is 0.128 e. The first-order chi connectivity index (χ1) is 7.70. The molecular weight excluding hydrogens is 198 g/mol. The predicted molar refractivity (Wildman–Crippen MR) is 67.6 cm³/mol. The maximum absolute atomic E-state index is 4.55. The Balaban J connectivity index is 2.09. The summed E-state index contributed by atoms with van der Waals surface area (Å²) in [5.41, 5.74) is 1.24. The molecule has 3 heteroatoms. The van der Waals surface area contributed by atoms with Crippen LogP contribution in [0.5, 0.6) is 0 Å². The van der Waals surface area contributed by atoms with E-state index in [-0.39, 0.29) is 0 Å². The van der Waals surface area contributed by atoms with Crippen molar-refractivity contribution in [1.29, 1.82) is 0 Å². The predicted octanol–water partition coefficient (Wildman–Crippen LogP) is 2.04. The van der Waals surface area contributed by atoms with E-state index in [1.165, 1.54) is 12.0 Å². The fourth-order valence-corrected chi connectivity index (χ4v) is 2.51. The highest BCUT2D eigenvalue weighted by Gasteiger charge is 2.26. The van der Waals surface area contributed by atoms with Crippen LogP contribution in [0.2, 0.25) is 0 Å². The van der Waals surface area contributed by atoms with Crippen molar-refractivity contribution in [2.24, 2.45) is 5.92 Å². The van der Waals surface area contributed by atoms with Crippen LogP contribution in [0, 0.1) is 5.92 Å². The van der Waals surface area contributed by atoms with Crippen molar-refractivity contribution in [3.05, 3.63) is 23.9 Å². The molecule has 0 spiro atoms. The Morgan fingerprint density at radius 3 is 2.75 bits per heavy atom. The number of aromatic nitrogens is 1. The molecule has 0 amide bonds. The Morgan fingerprint density at radius 2 is 2.25 bits per heavy atom. The van der Waals surface area contributed by atoms with Crippen molar-refractivity contribution < 1.29 is 0 Å². The summed E-state index contributed by atoms with van der Waals surface area (Å²) in [7, 11) is 1.96. The molecule has 1 fully saturated rings. The molecule has 1 saturated heterocycles. The normalized spacial score (nSPS) is 25.1. The first-order valence-corrected chi connectivity index (χ1v) is 6.07. The first-order valence-electron chi connectivity index (χ1n) is 6.07. The van der Waals surface area contributed by atoms with Crippen LogP contribution in [0.25, 0.3) is 0 Å². The van der Waals surface area contributed by atoms with Gasteiger partial charge in [-0.25, -0.2) is 4.98 Å². The van der Waals surface area contributed by atoms with Crippen LogP contribution < -0.4 is 10.2 Å². The zero-order valence-corrected chi connectivity index (χ0v) is 10.4. The van der Waals surface area contributed by atoms with Crippen LogP contribution in [0.15, 0.2) is 18.3 Å². The summed E-state index contributed by atoms with van der Waals surface area (Å²) in [4.78, 5) is 6.96. The first kappa shape index (κ1) is 11.4. The molecule has 1 aromatic heterocycles. The van der Waals surface area contributed by atoms with Gasteiger partial charge in [-0.3, -0.25) is 0 Å². The van der Waals surface area contributed by atoms with Gasteiger partial charge in [0, 0.05) is 25.3 Å². The lowest BCUT2D eigenvalue weighted by Crippen LogP contribution is -2.27. The molecule has 1 aliphatic heterocycles. The molecule has 0 radical (unpaired) electrons. The number of hydrogen-bond acceptors (Lipinski definition) is 3. The number of pyridine rings is 1. The van der Waals surface area contributed by atoms with Crippen molar-refractivity contribution in [1.82, 2.24) is 10.3 Å². The van der Waals surface area contributed by atoms with Crippen LogP contribution in [0.1, 0.15) is 25.8 Å². The second-order valence-electron chi connectivity index (χ2n) is 4.90. The van der Waals surface area contributed by atoms with E-state index in [0.717, 1.165) is 24.8 Å². The van der Waals surface area contributed by atoms with Gasteiger partial charge in [0.05, 0.1) is 0 Å². The highest BCUT2D eigenvalue weighted by atomic mass is 15.2.